The summed E-state index contributed by atoms with van der Waals surface area (Å²) in [6.07, 6.45) is -0.321. The summed E-state index contributed by atoms with van der Waals surface area (Å²) in [5, 5.41) is 13.4. The van der Waals surface area contributed by atoms with Gasteiger partial charge in [0, 0.05) is 34.9 Å². The first-order chi connectivity index (χ1) is 17.0. The van der Waals surface area contributed by atoms with E-state index in [1.165, 1.54) is 4.31 Å². The van der Waals surface area contributed by atoms with E-state index in [0.29, 0.717) is 13.0 Å². The maximum atomic E-state index is 13.5. The molecule has 0 bridgehead atoms. The van der Waals surface area contributed by atoms with E-state index < -0.39 is 16.1 Å². The molecule has 0 fully saturated rings. The number of para-hydroxylation sites is 2. The van der Waals surface area contributed by atoms with Crippen molar-refractivity contribution in [2.45, 2.75) is 24.0 Å². The van der Waals surface area contributed by atoms with Crippen LogP contribution in [0.1, 0.15) is 5.56 Å². The molecule has 5 nitrogen and oxygen atoms in total. The molecule has 0 spiro atoms. The maximum Gasteiger partial charge on any atom is 0.243 e. The third-order valence-corrected chi connectivity index (χ3v) is 8.24. The van der Waals surface area contributed by atoms with Crippen LogP contribution in [0.3, 0.4) is 0 Å². The third kappa shape index (κ3) is 4.86. The van der Waals surface area contributed by atoms with Crippen molar-refractivity contribution in [1.82, 2.24) is 8.87 Å². The molecule has 35 heavy (non-hydrogen) atoms. The minimum Gasteiger partial charge on any atom is -0.390 e. The first-order valence-electron chi connectivity index (χ1n) is 11.8. The van der Waals surface area contributed by atoms with Gasteiger partial charge < -0.3 is 9.67 Å². The molecule has 1 N–H and O–H groups in total. The molecule has 1 aromatic heterocycles. The highest BCUT2D eigenvalue weighted by molar-refractivity contribution is 7.89. The second-order valence-corrected chi connectivity index (χ2v) is 10.6. The Morgan fingerprint density at radius 3 is 1.83 bits per heavy atom. The van der Waals surface area contributed by atoms with E-state index in [-0.39, 0.29) is 18.0 Å². The summed E-state index contributed by atoms with van der Waals surface area (Å²) in [6.45, 7) is 0.580. The van der Waals surface area contributed by atoms with E-state index in [2.05, 4.69) is 16.7 Å². The molecular formula is C29H28N2O3S. The predicted molar refractivity (Wildman–Crippen MR) is 141 cm³/mol. The molecule has 4 aromatic carbocycles. The van der Waals surface area contributed by atoms with Gasteiger partial charge in [-0.05, 0) is 36.2 Å². The van der Waals surface area contributed by atoms with Crippen LogP contribution in [-0.4, -0.2) is 41.6 Å². The quantitative estimate of drug-likeness (QED) is 0.317. The molecule has 0 aliphatic heterocycles. The number of benzene rings is 4. The first kappa shape index (κ1) is 23.3. The average molecular weight is 485 g/mol. The molecular weight excluding hydrogens is 456 g/mol. The number of hydrogen-bond donors (Lipinski definition) is 1. The number of aliphatic hydroxyl groups is 1. The van der Waals surface area contributed by atoms with Crippen molar-refractivity contribution in [3.63, 3.8) is 0 Å². The number of fused-ring (bicyclic) bond motifs is 3. The smallest absolute Gasteiger partial charge is 0.243 e. The number of nitrogens with zero attached hydrogens (tertiary/aromatic N) is 2. The van der Waals surface area contributed by atoms with Crippen LogP contribution >= 0.6 is 0 Å². The Balaban J connectivity index is 1.44. The van der Waals surface area contributed by atoms with Crippen LogP contribution in [-0.2, 0) is 23.0 Å². The molecule has 5 rings (SSSR count). The number of hydrogen-bond acceptors (Lipinski definition) is 3. The fraction of sp³-hybridized carbons (Fsp3) is 0.172. The zero-order valence-corrected chi connectivity index (χ0v) is 20.2. The summed E-state index contributed by atoms with van der Waals surface area (Å²) < 4.78 is 30.5. The standard InChI is InChI=1S/C29H28N2O3S/c32-24(22-31-28-17-9-7-15-26(28)27-16-8-10-18-29(27)31)21-30(20-19-23-11-3-1-4-12-23)35(33,34)25-13-5-2-6-14-25/h1-18,24,32H,19-22H2. The van der Waals surface area contributed by atoms with Gasteiger partial charge in [-0.3, -0.25) is 0 Å². The number of rotatable bonds is 9. The van der Waals surface area contributed by atoms with Crippen LogP contribution in [0.15, 0.2) is 114 Å². The largest absolute Gasteiger partial charge is 0.390 e. The summed E-state index contributed by atoms with van der Waals surface area (Å²) in [5.41, 5.74) is 3.10. The van der Waals surface area contributed by atoms with Gasteiger partial charge in [-0.2, -0.15) is 4.31 Å². The molecule has 0 aliphatic rings. The van der Waals surface area contributed by atoms with Crippen molar-refractivity contribution >= 4 is 31.8 Å². The lowest BCUT2D eigenvalue weighted by molar-refractivity contribution is 0.130. The van der Waals surface area contributed by atoms with Crippen molar-refractivity contribution in [1.29, 1.82) is 0 Å². The van der Waals surface area contributed by atoms with Gasteiger partial charge in [0.15, 0.2) is 0 Å². The lowest BCUT2D eigenvalue weighted by atomic mass is 10.1. The summed E-state index contributed by atoms with van der Waals surface area (Å²) in [4.78, 5) is 0.233. The van der Waals surface area contributed by atoms with Crippen LogP contribution in [0.2, 0.25) is 0 Å². The Bertz CT molecular complexity index is 1480. The highest BCUT2D eigenvalue weighted by Gasteiger charge is 2.27. The van der Waals surface area contributed by atoms with Gasteiger partial charge in [-0.25, -0.2) is 8.42 Å². The molecule has 0 radical (unpaired) electrons. The molecule has 5 aromatic rings. The monoisotopic (exact) mass is 484 g/mol. The third-order valence-electron chi connectivity index (χ3n) is 6.36. The molecule has 0 aliphatic carbocycles. The van der Waals surface area contributed by atoms with Gasteiger partial charge in [0.25, 0.3) is 0 Å². The van der Waals surface area contributed by atoms with Crippen LogP contribution in [0, 0.1) is 0 Å². The molecule has 6 heteroatoms. The summed E-state index contributed by atoms with van der Waals surface area (Å²) in [6, 6.07) is 34.5. The zero-order chi connectivity index (χ0) is 24.3. The van der Waals surface area contributed by atoms with Crippen molar-refractivity contribution < 1.29 is 13.5 Å². The van der Waals surface area contributed by atoms with Crippen molar-refractivity contribution in [2.75, 3.05) is 13.1 Å². The summed E-state index contributed by atoms with van der Waals surface area (Å²) >= 11 is 0. The Morgan fingerprint density at radius 1 is 0.714 bits per heavy atom. The Labute approximate surface area is 205 Å². The Morgan fingerprint density at radius 2 is 1.23 bits per heavy atom. The maximum absolute atomic E-state index is 13.5. The summed E-state index contributed by atoms with van der Waals surface area (Å²) in [7, 11) is -3.77. The van der Waals surface area contributed by atoms with E-state index in [1.54, 1.807) is 30.3 Å². The van der Waals surface area contributed by atoms with Gasteiger partial charge in [0.05, 0.1) is 17.5 Å². The van der Waals surface area contributed by atoms with Gasteiger partial charge in [-0.1, -0.05) is 84.9 Å². The molecule has 1 unspecified atom stereocenters. The molecule has 178 valence electrons. The molecule has 1 heterocycles. The van der Waals surface area contributed by atoms with Gasteiger partial charge in [-0.15, -0.1) is 0 Å². The minimum absolute atomic E-state index is 0.00486. The molecule has 0 saturated carbocycles. The highest BCUT2D eigenvalue weighted by atomic mass is 32.2. The number of sulfonamides is 1. The van der Waals surface area contributed by atoms with Crippen LogP contribution < -0.4 is 0 Å². The Kier molecular flexibility index (Phi) is 6.68. The van der Waals surface area contributed by atoms with E-state index in [9.17, 15) is 13.5 Å². The normalized spacial score (nSPS) is 13.0. The van der Waals surface area contributed by atoms with E-state index in [1.807, 2.05) is 66.7 Å². The van der Waals surface area contributed by atoms with Crippen LogP contribution in [0.5, 0.6) is 0 Å². The van der Waals surface area contributed by atoms with E-state index in [0.717, 1.165) is 27.4 Å². The fourth-order valence-corrected chi connectivity index (χ4v) is 6.15. The van der Waals surface area contributed by atoms with Crippen molar-refractivity contribution in [3.8, 4) is 0 Å². The first-order valence-corrected chi connectivity index (χ1v) is 13.2. The molecule has 1 atom stereocenters. The number of aliphatic hydroxyl groups excluding tert-OH is 1. The van der Waals surface area contributed by atoms with Gasteiger partial charge >= 0.3 is 0 Å². The topological polar surface area (TPSA) is 62.5 Å². The van der Waals surface area contributed by atoms with Gasteiger partial charge in [0.2, 0.25) is 10.0 Å². The van der Waals surface area contributed by atoms with E-state index in [4.69, 9.17) is 0 Å². The fourth-order valence-electron chi connectivity index (χ4n) is 4.65. The van der Waals surface area contributed by atoms with Crippen LogP contribution in [0.25, 0.3) is 21.8 Å². The molecule has 0 amide bonds. The average Bonchev–Trinajstić information content (AvgIpc) is 3.21. The second kappa shape index (κ2) is 10.0. The summed E-state index contributed by atoms with van der Waals surface area (Å²) in [5.74, 6) is 0. The molecule has 0 saturated heterocycles. The predicted octanol–water partition coefficient (Wildman–Crippen LogP) is 5.09. The van der Waals surface area contributed by atoms with Crippen molar-refractivity contribution in [2.24, 2.45) is 0 Å². The van der Waals surface area contributed by atoms with E-state index >= 15 is 0 Å². The zero-order valence-electron chi connectivity index (χ0n) is 19.4. The van der Waals surface area contributed by atoms with Crippen molar-refractivity contribution in [3.05, 3.63) is 115 Å². The number of aromatic nitrogens is 1. The highest BCUT2D eigenvalue weighted by Crippen LogP contribution is 2.29. The SMILES string of the molecule is O=S(=O)(c1ccccc1)N(CCc1ccccc1)CC(O)Cn1c2ccccc2c2ccccc21. The second-order valence-electron chi connectivity index (χ2n) is 8.71. The lowest BCUT2D eigenvalue weighted by Crippen LogP contribution is -2.40. The Hall–Kier alpha value is -3.45. The van der Waals surface area contributed by atoms with Crippen LogP contribution in [0.4, 0.5) is 0 Å². The van der Waals surface area contributed by atoms with Gasteiger partial charge in [0.1, 0.15) is 0 Å². The minimum atomic E-state index is -3.77. The lowest BCUT2D eigenvalue weighted by Gasteiger charge is -2.25.